The van der Waals surface area contributed by atoms with Crippen LogP contribution in [0.3, 0.4) is 0 Å². The zero-order chi connectivity index (χ0) is 22.1. The molecule has 158 valence electrons. The maximum atomic E-state index is 12.3. The van der Waals surface area contributed by atoms with Gasteiger partial charge in [-0.3, -0.25) is 20.4 Å². The third kappa shape index (κ3) is 4.22. The Kier molecular flexibility index (Phi) is 5.95. The molecule has 0 radical (unpaired) electrons. The summed E-state index contributed by atoms with van der Waals surface area (Å²) in [6.45, 7) is 3.94. The Labute approximate surface area is 174 Å². The molecule has 0 aliphatic rings. The molecule has 8 nitrogen and oxygen atoms in total. The lowest BCUT2D eigenvalue weighted by atomic mass is 10.0. The Bertz CT molecular complexity index is 1230. The van der Waals surface area contributed by atoms with Crippen LogP contribution in [0.1, 0.15) is 27.0 Å². The van der Waals surface area contributed by atoms with Crippen LogP contribution in [0.4, 0.5) is 0 Å². The lowest BCUT2D eigenvalue weighted by Gasteiger charge is -2.12. The summed E-state index contributed by atoms with van der Waals surface area (Å²) in [5.74, 6) is -1.05. The largest absolute Gasteiger partial charge is 0.464 e. The third-order valence-electron chi connectivity index (χ3n) is 4.88. The molecule has 0 aliphatic carbocycles. The number of furan rings is 1. The standard InChI is InChI=1S/C21H23N3O5S/c1-13-8-9-18-16(12-29-20(18)14(13)2)11-19(25)22-23-21(26)15-6-5-7-17(10-15)30(27,28)24(3)4/h5-10,12H,11H2,1-4H3,(H,22,25)(H,23,26). The van der Waals surface area contributed by atoms with E-state index in [0.29, 0.717) is 5.56 Å². The number of sulfonamides is 1. The molecule has 2 N–H and O–H groups in total. The van der Waals surface area contributed by atoms with Gasteiger partial charge in [-0.15, -0.1) is 0 Å². The minimum absolute atomic E-state index is 0.0120. The summed E-state index contributed by atoms with van der Waals surface area (Å²) in [5.41, 5.74) is 8.32. The van der Waals surface area contributed by atoms with Crippen LogP contribution >= 0.6 is 0 Å². The average molecular weight is 429 g/mol. The summed E-state index contributed by atoms with van der Waals surface area (Å²) < 4.78 is 31.1. The second-order valence-corrected chi connectivity index (χ2v) is 9.29. The van der Waals surface area contributed by atoms with Gasteiger partial charge in [-0.25, -0.2) is 12.7 Å². The molecule has 1 heterocycles. The van der Waals surface area contributed by atoms with E-state index in [1.165, 1.54) is 44.6 Å². The van der Waals surface area contributed by atoms with Crippen molar-refractivity contribution in [3.05, 3.63) is 64.9 Å². The van der Waals surface area contributed by atoms with Crippen LogP contribution in [0.5, 0.6) is 0 Å². The number of carbonyl (C=O) groups is 2. The minimum Gasteiger partial charge on any atom is -0.464 e. The van der Waals surface area contributed by atoms with Gasteiger partial charge in [-0.1, -0.05) is 18.2 Å². The summed E-state index contributed by atoms with van der Waals surface area (Å²) in [4.78, 5) is 24.6. The van der Waals surface area contributed by atoms with Crippen LogP contribution in [-0.2, 0) is 21.2 Å². The van der Waals surface area contributed by atoms with Gasteiger partial charge in [0, 0.05) is 30.6 Å². The molecule has 9 heteroatoms. The zero-order valence-corrected chi connectivity index (χ0v) is 18.0. The molecule has 3 rings (SSSR count). The van der Waals surface area contributed by atoms with Gasteiger partial charge in [0.1, 0.15) is 5.58 Å². The van der Waals surface area contributed by atoms with Crippen molar-refractivity contribution in [1.29, 1.82) is 0 Å². The molecule has 0 spiro atoms. The number of rotatable bonds is 5. The van der Waals surface area contributed by atoms with Crippen LogP contribution in [-0.4, -0.2) is 38.6 Å². The molecule has 1 aromatic heterocycles. The van der Waals surface area contributed by atoms with Crippen LogP contribution < -0.4 is 10.9 Å². The number of hydrogen-bond donors (Lipinski definition) is 2. The molecule has 0 fully saturated rings. The molecule has 0 unspecified atom stereocenters. The second kappa shape index (κ2) is 8.29. The first kappa shape index (κ1) is 21.5. The number of carbonyl (C=O) groups excluding carboxylic acids is 2. The number of amides is 2. The van der Waals surface area contributed by atoms with Crippen LogP contribution in [0.25, 0.3) is 11.0 Å². The molecule has 0 aliphatic heterocycles. The Balaban J connectivity index is 1.67. The minimum atomic E-state index is -3.67. The van der Waals surface area contributed by atoms with Gasteiger partial charge >= 0.3 is 0 Å². The van der Waals surface area contributed by atoms with Gasteiger partial charge in [0.05, 0.1) is 17.6 Å². The fourth-order valence-corrected chi connectivity index (χ4v) is 3.90. The van der Waals surface area contributed by atoms with Gasteiger partial charge in [-0.05, 0) is 43.2 Å². The van der Waals surface area contributed by atoms with E-state index in [2.05, 4.69) is 10.9 Å². The monoisotopic (exact) mass is 429 g/mol. The van der Waals surface area contributed by atoms with Crippen molar-refractivity contribution in [2.24, 2.45) is 0 Å². The Morgan fingerprint density at radius 1 is 1.07 bits per heavy atom. The zero-order valence-electron chi connectivity index (χ0n) is 17.1. The van der Waals surface area contributed by atoms with Crippen molar-refractivity contribution in [2.45, 2.75) is 25.2 Å². The van der Waals surface area contributed by atoms with Gasteiger partial charge in [0.15, 0.2) is 0 Å². The summed E-state index contributed by atoms with van der Waals surface area (Å²) in [5, 5.41) is 0.848. The van der Waals surface area contributed by atoms with E-state index in [9.17, 15) is 18.0 Å². The van der Waals surface area contributed by atoms with E-state index in [1.807, 2.05) is 26.0 Å². The predicted molar refractivity (Wildman–Crippen MR) is 112 cm³/mol. The maximum Gasteiger partial charge on any atom is 0.269 e. The van der Waals surface area contributed by atoms with E-state index in [0.717, 1.165) is 26.4 Å². The first-order chi connectivity index (χ1) is 14.1. The van der Waals surface area contributed by atoms with Crippen molar-refractivity contribution in [3.8, 4) is 0 Å². The molecule has 0 saturated heterocycles. The topological polar surface area (TPSA) is 109 Å². The molecule has 3 aromatic rings. The highest BCUT2D eigenvalue weighted by Crippen LogP contribution is 2.26. The third-order valence-corrected chi connectivity index (χ3v) is 6.69. The summed E-state index contributed by atoms with van der Waals surface area (Å²) in [6.07, 6.45) is 1.55. The number of nitrogens with zero attached hydrogens (tertiary/aromatic N) is 1. The Morgan fingerprint density at radius 2 is 1.80 bits per heavy atom. The molecular weight excluding hydrogens is 406 g/mol. The van der Waals surface area contributed by atoms with Crippen molar-refractivity contribution in [3.63, 3.8) is 0 Å². The molecule has 0 saturated carbocycles. The molecule has 2 aromatic carbocycles. The predicted octanol–water partition coefficient (Wildman–Crippen LogP) is 2.30. The SMILES string of the molecule is Cc1ccc2c(CC(=O)NNC(=O)c3cccc(S(=O)(=O)N(C)C)c3)coc2c1C. The first-order valence-electron chi connectivity index (χ1n) is 9.19. The van der Waals surface area contributed by atoms with Crippen LogP contribution in [0.15, 0.2) is 52.0 Å². The second-order valence-electron chi connectivity index (χ2n) is 7.14. The van der Waals surface area contributed by atoms with E-state index in [1.54, 1.807) is 0 Å². The average Bonchev–Trinajstić information content (AvgIpc) is 3.12. The van der Waals surface area contributed by atoms with E-state index >= 15 is 0 Å². The molecule has 0 bridgehead atoms. The van der Waals surface area contributed by atoms with Crippen LogP contribution in [0, 0.1) is 13.8 Å². The lowest BCUT2D eigenvalue weighted by Crippen LogP contribution is -2.42. The summed E-state index contributed by atoms with van der Waals surface area (Å²) in [6, 6.07) is 9.45. The number of nitrogens with one attached hydrogen (secondary N) is 2. The fraction of sp³-hybridized carbons (Fsp3) is 0.238. The van der Waals surface area contributed by atoms with E-state index in [4.69, 9.17) is 4.42 Å². The number of benzene rings is 2. The molecule has 30 heavy (non-hydrogen) atoms. The van der Waals surface area contributed by atoms with Crippen LogP contribution in [0.2, 0.25) is 0 Å². The highest BCUT2D eigenvalue weighted by atomic mass is 32.2. The maximum absolute atomic E-state index is 12.3. The van der Waals surface area contributed by atoms with Gasteiger partial charge in [0.2, 0.25) is 15.9 Å². The number of hydrazine groups is 1. The van der Waals surface area contributed by atoms with Gasteiger partial charge in [0.25, 0.3) is 5.91 Å². The highest BCUT2D eigenvalue weighted by molar-refractivity contribution is 7.89. The Morgan fingerprint density at radius 3 is 2.50 bits per heavy atom. The number of aryl methyl sites for hydroxylation is 2. The van der Waals surface area contributed by atoms with E-state index in [-0.39, 0.29) is 16.9 Å². The van der Waals surface area contributed by atoms with Gasteiger partial charge in [-0.2, -0.15) is 0 Å². The lowest BCUT2D eigenvalue weighted by molar-refractivity contribution is -0.121. The summed E-state index contributed by atoms with van der Waals surface area (Å²) in [7, 11) is -0.856. The Hall–Kier alpha value is -3.17. The first-order valence-corrected chi connectivity index (χ1v) is 10.6. The van der Waals surface area contributed by atoms with Gasteiger partial charge < -0.3 is 4.42 Å². The fourth-order valence-electron chi connectivity index (χ4n) is 2.95. The molecule has 0 atom stereocenters. The highest BCUT2D eigenvalue weighted by Gasteiger charge is 2.19. The molecular formula is C21H23N3O5S. The summed E-state index contributed by atoms with van der Waals surface area (Å²) >= 11 is 0. The number of fused-ring (bicyclic) bond motifs is 1. The number of hydrogen-bond acceptors (Lipinski definition) is 5. The smallest absolute Gasteiger partial charge is 0.269 e. The quantitative estimate of drug-likeness (QED) is 0.605. The van der Waals surface area contributed by atoms with Crippen molar-refractivity contribution in [2.75, 3.05) is 14.1 Å². The molecule has 2 amide bonds. The normalized spacial score (nSPS) is 11.6. The van der Waals surface area contributed by atoms with Crippen molar-refractivity contribution >= 4 is 32.8 Å². The van der Waals surface area contributed by atoms with Crippen molar-refractivity contribution in [1.82, 2.24) is 15.2 Å². The van der Waals surface area contributed by atoms with E-state index < -0.39 is 21.8 Å². The van der Waals surface area contributed by atoms with Crippen molar-refractivity contribution < 1.29 is 22.4 Å².